The van der Waals surface area contributed by atoms with Crippen molar-refractivity contribution in [3.63, 3.8) is 0 Å². The van der Waals surface area contributed by atoms with Gasteiger partial charge in [0.25, 0.3) is 0 Å². The molecule has 0 spiro atoms. The summed E-state index contributed by atoms with van der Waals surface area (Å²) >= 11 is 0. The fraction of sp³-hybridized carbons (Fsp3) is 0.571. The lowest BCUT2D eigenvalue weighted by atomic mass is 10.2. The van der Waals surface area contributed by atoms with Crippen molar-refractivity contribution in [2.45, 2.75) is 32.7 Å². The minimum Gasteiger partial charge on any atom is -0.492 e. The second kappa shape index (κ2) is 5.35. The third kappa shape index (κ3) is 3.86. The van der Waals surface area contributed by atoms with Crippen LogP contribution in [0, 0.1) is 12.8 Å². The molecule has 0 amide bonds. The highest BCUT2D eigenvalue weighted by molar-refractivity contribution is 5.26. The van der Waals surface area contributed by atoms with Gasteiger partial charge in [-0.25, -0.2) is 0 Å². The van der Waals surface area contributed by atoms with Gasteiger partial charge < -0.3 is 10.1 Å². The normalized spacial score (nSPS) is 17.1. The monoisotopic (exact) mass is 219 g/mol. The Hall–Kier alpha value is -1.02. The zero-order valence-corrected chi connectivity index (χ0v) is 10.2. The summed E-state index contributed by atoms with van der Waals surface area (Å²) in [6.45, 7) is 6.16. The molecule has 16 heavy (non-hydrogen) atoms. The molecule has 88 valence electrons. The Morgan fingerprint density at radius 2 is 2.00 bits per heavy atom. The van der Waals surface area contributed by atoms with Crippen LogP contribution in [0.15, 0.2) is 24.3 Å². The quantitative estimate of drug-likeness (QED) is 0.794. The van der Waals surface area contributed by atoms with Crippen molar-refractivity contribution in [3.05, 3.63) is 29.8 Å². The topological polar surface area (TPSA) is 21.3 Å². The van der Waals surface area contributed by atoms with Gasteiger partial charge >= 0.3 is 0 Å². The Kier molecular flexibility index (Phi) is 3.83. The van der Waals surface area contributed by atoms with E-state index in [1.54, 1.807) is 0 Å². The fourth-order valence-corrected chi connectivity index (χ4v) is 1.60. The van der Waals surface area contributed by atoms with Crippen molar-refractivity contribution < 1.29 is 4.74 Å². The summed E-state index contributed by atoms with van der Waals surface area (Å²) in [5, 5.41) is 3.50. The van der Waals surface area contributed by atoms with Crippen LogP contribution in [0.4, 0.5) is 0 Å². The minimum atomic E-state index is 0.432. The summed E-state index contributed by atoms with van der Waals surface area (Å²) in [5.74, 6) is 1.90. The molecule has 0 bridgehead atoms. The zero-order chi connectivity index (χ0) is 11.4. The predicted octanol–water partition coefficient (Wildman–Crippen LogP) is 2.76. The maximum absolute atomic E-state index is 5.71. The van der Waals surface area contributed by atoms with E-state index >= 15 is 0 Å². The summed E-state index contributed by atoms with van der Waals surface area (Å²) in [7, 11) is 0. The Labute approximate surface area is 98.0 Å². The van der Waals surface area contributed by atoms with E-state index in [1.165, 1.54) is 18.4 Å². The molecule has 1 aromatic rings. The van der Waals surface area contributed by atoms with E-state index < -0.39 is 0 Å². The largest absolute Gasteiger partial charge is 0.492 e. The number of hydrogen-bond donors (Lipinski definition) is 1. The SMILES string of the molecule is Cc1ccc(OCC(C)NCC2CC2)cc1. The number of rotatable bonds is 6. The first-order valence-corrected chi connectivity index (χ1v) is 6.17. The average molecular weight is 219 g/mol. The summed E-state index contributed by atoms with van der Waals surface area (Å²) in [6.07, 6.45) is 2.80. The van der Waals surface area contributed by atoms with Crippen LogP contribution in [0.3, 0.4) is 0 Å². The lowest BCUT2D eigenvalue weighted by Crippen LogP contribution is -2.33. The van der Waals surface area contributed by atoms with Crippen molar-refractivity contribution in [1.82, 2.24) is 5.32 Å². The highest BCUT2D eigenvalue weighted by Crippen LogP contribution is 2.27. The molecule has 2 nitrogen and oxygen atoms in total. The minimum absolute atomic E-state index is 0.432. The fourth-order valence-electron chi connectivity index (χ4n) is 1.60. The summed E-state index contributed by atoms with van der Waals surface area (Å²) in [4.78, 5) is 0. The van der Waals surface area contributed by atoms with Gasteiger partial charge in [0, 0.05) is 6.04 Å². The molecule has 2 rings (SSSR count). The third-order valence-electron chi connectivity index (χ3n) is 2.97. The number of nitrogens with one attached hydrogen (secondary N) is 1. The van der Waals surface area contributed by atoms with E-state index in [4.69, 9.17) is 4.74 Å². The summed E-state index contributed by atoms with van der Waals surface area (Å²) < 4.78 is 5.71. The van der Waals surface area contributed by atoms with E-state index in [9.17, 15) is 0 Å². The second-order valence-electron chi connectivity index (χ2n) is 4.88. The number of aryl methyl sites for hydroxylation is 1. The lowest BCUT2D eigenvalue weighted by molar-refractivity contribution is 0.272. The van der Waals surface area contributed by atoms with Crippen LogP contribution in [0.1, 0.15) is 25.3 Å². The molecule has 0 heterocycles. The van der Waals surface area contributed by atoms with E-state index in [0.717, 1.165) is 24.8 Å². The molecule has 1 unspecified atom stereocenters. The standard InChI is InChI=1S/C14H21NO/c1-11-3-7-14(8-4-11)16-10-12(2)15-9-13-5-6-13/h3-4,7-8,12-13,15H,5-6,9-10H2,1-2H3. The maximum Gasteiger partial charge on any atom is 0.119 e. The van der Waals surface area contributed by atoms with Crippen molar-refractivity contribution in [2.24, 2.45) is 5.92 Å². The van der Waals surface area contributed by atoms with Gasteiger partial charge in [0.15, 0.2) is 0 Å². The van der Waals surface area contributed by atoms with Crippen molar-refractivity contribution in [2.75, 3.05) is 13.2 Å². The van der Waals surface area contributed by atoms with E-state index in [2.05, 4.69) is 31.3 Å². The summed E-state index contributed by atoms with van der Waals surface area (Å²) in [6, 6.07) is 8.66. The van der Waals surface area contributed by atoms with Gasteiger partial charge in [0.1, 0.15) is 12.4 Å². The first kappa shape index (κ1) is 11.5. The second-order valence-corrected chi connectivity index (χ2v) is 4.88. The zero-order valence-electron chi connectivity index (χ0n) is 10.2. The molecule has 0 radical (unpaired) electrons. The smallest absolute Gasteiger partial charge is 0.119 e. The molecule has 1 atom stereocenters. The van der Waals surface area contributed by atoms with Crippen LogP contribution in [0.25, 0.3) is 0 Å². The Bertz CT molecular complexity index is 316. The van der Waals surface area contributed by atoms with Crippen molar-refractivity contribution in [3.8, 4) is 5.75 Å². The molecule has 1 N–H and O–H groups in total. The molecule has 2 heteroatoms. The molecule has 1 aliphatic rings. The van der Waals surface area contributed by atoms with Crippen molar-refractivity contribution in [1.29, 1.82) is 0 Å². The molecule has 1 aromatic carbocycles. The molecule has 0 saturated heterocycles. The average Bonchev–Trinajstić information content (AvgIpc) is 3.09. The molecule has 1 fully saturated rings. The van der Waals surface area contributed by atoms with Crippen LogP contribution in [-0.2, 0) is 0 Å². The third-order valence-corrected chi connectivity index (χ3v) is 2.97. The highest BCUT2D eigenvalue weighted by Gasteiger charge is 2.21. The van der Waals surface area contributed by atoms with Gasteiger partial charge in [-0.1, -0.05) is 17.7 Å². The molecular weight excluding hydrogens is 198 g/mol. The van der Waals surface area contributed by atoms with Crippen LogP contribution in [-0.4, -0.2) is 19.2 Å². The van der Waals surface area contributed by atoms with Crippen LogP contribution in [0.5, 0.6) is 5.75 Å². The lowest BCUT2D eigenvalue weighted by Gasteiger charge is -2.14. The number of ether oxygens (including phenoxy) is 1. The highest BCUT2D eigenvalue weighted by atomic mass is 16.5. The number of benzene rings is 1. The van der Waals surface area contributed by atoms with Gasteiger partial charge in [-0.05, 0) is 51.3 Å². The van der Waals surface area contributed by atoms with Crippen LogP contribution in [0.2, 0.25) is 0 Å². The Morgan fingerprint density at radius 1 is 1.31 bits per heavy atom. The first-order valence-electron chi connectivity index (χ1n) is 6.17. The van der Waals surface area contributed by atoms with Gasteiger partial charge in [-0.3, -0.25) is 0 Å². The molecule has 1 aliphatic carbocycles. The van der Waals surface area contributed by atoms with E-state index in [0.29, 0.717) is 6.04 Å². The molecule has 0 aromatic heterocycles. The molecule has 1 saturated carbocycles. The van der Waals surface area contributed by atoms with E-state index in [1.807, 2.05) is 12.1 Å². The van der Waals surface area contributed by atoms with Crippen LogP contribution >= 0.6 is 0 Å². The van der Waals surface area contributed by atoms with Crippen molar-refractivity contribution >= 4 is 0 Å². The van der Waals surface area contributed by atoms with Gasteiger partial charge in [0.05, 0.1) is 0 Å². The Morgan fingerprint density at radius 3 is 2.62 bits per heavy atom. The maximum atomic E-state index is 5.71. The first-order chi connectivity index (χ1) is 7.74. The molecule has 0 aliphatic heterocycles. The Balaban J connectivity index is 1.67. The molecular formula is C14H21NO. The van der Waals surface area contributed by atoms with Gasteiger partial charge in [0.2, 0.25) is 0 Å². The van der Waals surface area contributed by atoms with Gasteiger partial charge in [-0.15, -0.1) is 0 Å². The van der Waals surface area contributed by atoms with Gasteiger partial charge in [-0.2, -0.15) is 0 Å². The predicted molar refractivity (Wildman–Crippen MR) is 66.9 cm³/mol. The number of hydrogen-bond acceptors (Lipinski definition) is 2. The van der Waals surface area contributed by atoms with Crippen LogP contribution < -0.4 is 10.1 Å². The van der Waals surface area contributed by atoms with E-state index in [-0.39, 0.29) is 0 Å². The summed E-state index contributed by atoms with van der Waals surface area (Å²) in [5.41, 5.74) is 1.27.